The quantitative estimate of drug-likeness (QED) is 0.854. The van der Waals surface area contributed by atoms with Gasteiger partial charge in [-0.1, -0.05) is 44.2 Å². The number of aliphatic hydroxyl groups is 1. The number of aliphatic hydroxyl groups excluding tert-OH is 1. The van der Waals surface area contributed by atoms with Gasteiger partial charge in [-0.2, -0.15) is 5.10 Å². The second-order valence-electron chi connectivity index (χ2n) is 5.53. The monoisotopic (exact) mass is 288 g/mol. The Hall–Kier alpha value is -2.01. The van der Waals surface area contributed by atoms with Gasteiger partial charge in [0.1, 0.15) is 0 Å². The van der Waals surface area contributed by atoms with Gasteiger partial charge in [-0.3, -0.25) is 4.68 Å². The average Bonchev–Trinajstić information content (AvgIpc) is 2.75. The lowest BCUT2D eigenvalue weighted by atomic mass is 10.1. The lowest BCUT2D eigenvalue weighted by Crippen LogP contribution is -2.28. The summed E-state index contributed by atoms with van der Waals surface area (Å²) in [5.41, 5.74) is 9.07. The van der Waals surface area contributed by atoms with Crippen LogP contribution in [0.15, 0.2) is 30.3 Å². The zero-order valence-corrected chi connectivity index (χ0v) is 13.0. The Morgan fingerprint density at radius 1 is 1.29 bits per heavy atom. The molecule has 114 valence electrons. The van der Waals surface area contributed by atoms with E-state index in [1.54, 1.807) is 0 Å². The van der Waals surface area contributed by atoms with Crippen LogP contribution >= 0.6 is 0 Å². The third kappa shape index (κ3) is 3.36. The van der Waals surface area contributed by atoms with E-state index in [4.69, 9.17) is 5.73 Å². The molecule has 1 heterocycles. The Kier molecular flexibility index (Phi) is 4.85. The minimum atomic E-state index is 0.0778. The number of nitrogens with two attached hydrogens (primary N) is 1. The molecule has 2 aromatic rings. The molecule has 0 aliphatic carbocycles. The van der Waals surface area contributed by atoms with Gasteiger partial charge in [0.25, 0.3) is 0 Å². The van der Waals surface area contributed by atoms with E-state index in [0.717, 1.165) is 11.5 Å². The van der Waals surface area contributed by atoms with Crippen LogP contribution in [0.25, 0.3) is 0 Å². The molecule has 0 atom stereocenters. The van der Waals surface area contributed by atoms with E-state index in [-0.39, 0.29) is 12.5 Å². The van der Waals surface area contributed by atoms with Crippen molar-refractivity contribution in [2.75, 3.05) is 23.8 Å². The van der Waals surface area contributed by atoms with Crippen LogP contribution in [0.1, 0.15) is 31.0 Å². The van der Waals surface area contributed by atoms with Crippen molar-refractivity contribution in [2.24, 2.45) is 7.05 Å². The van der Waals surface area contributed by atoms with E-state index >= 15 is 0 Å². The highest BCUT2D eigenvalue weighted by Gasteiger charge is 2.20. The van der Waals surface area contributed by atoms with Gasteiger partial charge in [0.2, 0.25) is 0 Å². The van der Waals surface area contributed by atoms with Gasteiger partial charge in [0.15, 0.2) is 5.82 Å². The molecule has 5 heteroatoms. The van der Waals surface area contributed by atoms with Crippen molar-refractivity contribution in [3.63, 3.8) is 0 Å². The predicted molar refractivity (Wildman–Crippen MR) is 86.3 cm³/mol. The minimum Gasteiger partial charge on any atom is -0.395 e. The van der Waals surface area contributed by atoms with Crippen LogP contribution in [-0.2, 0) is 13.6 Å². The normalized spacial score (nSPS) is 11.1. The number of rotatable bonds is 6. The molecule has 0 amide bonds. The molecule has 0 radical (unpaired) electrons. The standard InChI is InChI=1S/C16H24N4O/c1-12(2)15-14(17)16(19(3)18-15)20(9-10-21)11-13-7-5-4-6-8-13/h4-8,12,21H,9-11,17H2,1-3H3. The summed E-state index contributed by atoms with van der Waals surface area (Å²) >= 11 is 0. The molecule has 0 saturated carbocycles. The van der Waals surface area contributed by atoms with Crippen molar-refractivity contribution >= 4 is 11.5 Å². The molecular weight excluding hydrogens is 264 g/mol. The Bertz CT molecular complexity index is 577. The van der Waals surface area contributed by atoms with Crippen molar-refractivity contribution in [3.8, 4) is 0 Å². The first-order valence-electron chi connectivity index (χ1n) is 7.26. The van der Waals surface area contributed by atoms with Crippen molar-refractivity contribution in [3.05, 3.63) is 41.6 Å². The number of nitrogen functional groups attached to an aromatic ring is 1. The maximum absolute atomic E-state index is 9.36. The van der Waals surface area contributed by atoms with Crippen LogP contribution in [0.2, 0.25) is 0 Å². The first-order valence-corrected chi connectivity index (χ1v) is 7.26. The molecule has 0 bridgehead atoms. The lowest BCUT2D eigenvalue weighted by molar-refractivity contribution is 0.301. The predicted octanol–water partition coefficient (Wildman–Crippen LogP) is 2.12. The second-order valence-corrected chi connectivity index (χ2v) is 5.53. The van der Waals surface area contributed by atoms with E-state index in [0.29, 0.717) is 18.8 Å². The third-order valence-corrected chi connectivity index (χ3v) is 3.51. The zero-order valence-electron chi connectivity index (χ0n) is 13.0. The van der Waals surface area contributed by atoms with Gasteiger partial charge >= 0.3 is 0 Å². The number of aryl methyl sites for hydroxylation is 1. The Labute approximate surface area is 126 Å². The molecule has 0 spiro atoms. The second kappa shape index (κ2) is 6.63. The van der Waals surface area contributed by atoms with Gasteiger partial charge in [-0.15, -0.1) is 0 Å². The highest BCUT2D eigenvalue weighted by atomic mass is 16.3. The maximum Gasteiger partial charge on any atom is 0.150 e. The highest BCUT2D eigenvalue weighted by Crippen LogP contribution is 2.31. The lowest BCUT2D eigenvalue weighted by Gasteiger charge is -2.24. The molecule has 1 aromatic carbocycles. The SMILES string of the molecule is CC(C)c1nn(C)c(N(CCO)Cc2ccccc2)c1N. The Morgan fingerprint density at radius 2 is 1.95 bits per heavy atom. The molecule has 0 fully saturated rings. The van der Waals surface area contributed by atoms with Crippen LogP contribution in [0.5, 0.6) is 0 Å². The number of anilines is 2. The molecule has 0 saturated heterocycles. The topological polar surface area (TPSA) is 67.3 Å². The number of hydrogen-bond donors (Lipinski definition) is 2. The molecule has 0 aliphatic rings. The number of nitrogens with zero attached hydrogens (tertiary/aromatic N) is 3. The summed E-state index contributed by atoms with van der Waals surface area (Å²) in [4.78, 5) is 2.07. The van der Waals surface area contributed by atoms with Gasteiger partial charge < -0.3 is 15.7 Å². The van der Waals surface area contributed by atoms with E-state index < -0.39 is 0 Å². The summed E-state index contributed by atoms with van der Waals surface area (Å²) in [7, 11) is 1.90. The van der Waals surface area contributed by atoms with Crippen LogP contribution in [-0.4, -0.2) is 28.0 Å². The first-order chi connectivity index (χ1) is 10.0. The largest absolute Gasteiger partial charge is 0.395 e. The van der Waals surface area contributed by atoms with Gasteiger partial charge in [0, 0.05) is 20.1 Å². The van der Waals surface area contributed by atoms with E-state index in [1.165, 1.54) is 5.56 Å². The molecule has 21 heavy (non-hydrogen) atoms. The molecule has 0 aliphatic heterocycles. The van der Waals surface area contributed by atoms with Crippen molar-refractivity contribution in [2.45, 2.75) is 26.3 Å². The number of benzene rings is 1. The summed E-state index contributed by atoms with van der Waals surface area (Å²) in [5.74, 6) is 1.15. The molecule has 5 nitrogen and oxygen atoms in total. The van der Waals surface area contributed by atoms with Crippen LogP contribution in [0.4, 0.5) is 11.5 Å². The van der Waals surface area contributed by atoms with Crippen LogP contribution in [0.3, 0.4) is 0 Å². The molecular formula is C16H24N4O. The third-order valence-electron chi connectivity index (χ3n) is 3.51. The van der Waals surface area contributed by atoms with E-state index in [9.17, 15) is 5.11 Å². The van der Waals surface area contributed by atoms with Gasteiger partial charge in [0.05, 0.1) is 18.0 Å². The van der Waals surface area contributed by atoms with Crippen LogP contribution in [0, 0.1) is 0 Å². The van der Waals surface area contributed by atoms with Gasteiger partial charge in [-0.05, 0) is 11.5 Å². The fraction of sp³-hybridized carbons (Fsp3) is 0.438. The molecule has 0 unspecified atom stereocenters. The average molecular weight is 288 g/mol. The smallest absolute Gasteiger partial charge is 0.150 e. The summed E-state index contributed by atoms with van der Waals surface area (Å²) < 4.78 is 1.81. The zero-order chi connectivity index (χ0) is 15.4. The molecule has 2 rings (SSSR count). The summed E-state index contributed by atoms with van der Waals surface area (Å²) in [5, 5.41) is 13.9. The number of aromatic nitrogens is 2. The fourth-order valence-corrected chi connectivity index (χ4v) is 2.54. The van der Waals surface area contributed by atoms with Crippen molar-refractivity contribution in [1.29, 1.82) is 0 Å². The maximum atomic E-state index is 9.36. The fourth-order valence-electron chi connectivity index (χ4n) is 2.54. The summed E-state index contributed by atoms with van der Waals surface area (Å²) in [6, 6.07) is 10.2. The van der Waals surface area contributed by atoms with Crippen LogP contribution < -0.4 is 10.6 Å². The van der Waals surface area contributed by atoms with Gasteiger partial charge in [-0.25, -0.2) is 0 Å². The highest BCUT2D eigenvalue weighted by molar-refractivity contribution is 5.67. The van der Waals surface area contributed by atoms with E-state index in [2.05, 4.69) is 36.0 Å². The Balaban J connectivity index is 2.34. The molecule has 3 N–H and O–H groups in total. The van der Waals surface area contributed by atoms with Crippen molar-refractivity contribution in [1.82, 2.24) is 9.78 Å². The Morgan fingerprint density at radius 3 is 2.48 bits per heavy atom. The van der Waals surface area contributed by atoms with Crippen molar-refractivity contribution < 1.29 is 5.11 Å². The first kappa shape index (κ1) is 15.4. The number of hydrogen-bond acceptors (Lipinski definition) is 4. The summed E-state index contributed by atoms with van der Waals surface area (Å²) in [6.07, 6.45) is 0. The summed E-state index contributed by atoms with van der Waals surface area (Å²) in [6.45, 7) is 5.46. The van der Waals surface area contributed by atoms with E-state index in [1.807, 2.05) is 29.9 Å². The minimum absolute atomic E-state index is 0.0778. The molecule has 1 aromatic heterocycles.